The van der Waals surface area contributed by atoms with Crippen LogP contribution >= 0.6 is 0 Å². The molecule has 0 aliphatic carbocycles. The van der Waals surface area contributed by atoms with Crippen LogP contribution in [0.25, 0.3) is 0 Å². The number of nitrogens with one attached hydrogen (secondary N) is 1. The Labute approximate surface area is 121 Å². The third-order valence-electron chi connectivity index (χ3n) is 3.41. The summed E-state index contributed by atoms with van der Waals surface area (Å²) >= 11 is 0. The van der Waals surface area contributed by atoms with Crippen LogP contribution in [0.15, 0.2) is 42.6 Å². The summed E-state index contributed by atoms with van der Waals surface area (Å²) < 4.78 is 5.80. The number of ether oxygens (including phenoxy) is 1. The van der Waals surface area contributed by atoms with E-state index in [1.807, 2.05) is 26.1 Å². The zero-order valence-corrected chi connectivity index (χ0v) is 12.4. The molecule has 3 heteroatoms. The van der Waals surface area contributed by atoms with Crippen molar-refractivity contribution in [2.45, 2.75) is 26.4 Å². The van der Waals surface area contributed by atoms with E-state index in [9.17, 15) is 0 Å². The first-order valence-electron chi connectivity index (χ1n) is 6.98. The largest absolute Gasteiger partial charge is 0.487 e. The molecule has 2 rings (SSSR count). The Balaban J connectivity index is 1.96. The van der Waals surface area contributed by atoms with Gasteiger partial charge in [-0.1, -0.05) is 31.2 Å². The average molecular weight is 270 g/mol. The third kappa shape index (κ3) is 3.81. The maximum atomic E-state index is 5.80. The summed E-state index contributed by atoms with van der Waals surface area (Å²) in [5.74, 6) is 1.37. The molecule has 0 saturated heterocycles. The highest BCUT2D eigenvalue weighted by molar-refractivity contribution is 5.28. The molecule has 0 aliphatic heterocycles. The van der Waals surface area contributed by atoms with Crippen LogP contribution in [-0.2, 0) is 6.61 Å². The number of hydrogen-bond donors (Lipinski definition) is 1. The van der Waals surface area contributed by atoms with Gasteiger partial charge in [0.05, 0.1) is 5.69 Å². The molecule has 0 radical (unpaired) electrons. The molecule has 1 atom stereocenters. The molecule has 0 bridgehead atoms. The predicted octanol–water partition coefficient (Wildman–Crippen LogP) is 3.29. The maximum absolute atomic E-state index is 5.80. The van der Waals surface area contributed by atoms with Gasteiger partial charge in [0.25, 0.3) is 0 Å². The van der Waals surface area contributed by atoms with Crippen molar-refractivity contribution in [3.63, 3.8) is 0 Å². The standard InChI is InChI=1S/C17H22N2O/c1-13(11-18-3)16-8-6-15(7-9-16)12-20-17-5-4-10-19-14(17)2/h4-10,13,18H,11-12H2,1-3H3. The van der Waals surface area contributed by atoms with Gasteiger partial charge in [-0.25, -0.2) is 0 Å². The van der Waals surface area contributed by atoms with E-state index in [0.717, 1.165) is 18.0 Å². The highest BCUT2D eigenvalue weighted by Gasteiger charge is 2.05. The van der Waals surface area contributed by atoms with Gasteiger partial charge >= 0.3 is 0 Å². The molecule has 106 valence electrons. The lowest BCUT2D eigenvalue weighted by Gasteiger charge is -2.12. The predicted molar refractivity (Wildman–Crippen MR) is 82.1 cm³/mol. The normalized spacial score (nSPS) is 12.2. The number of hydrogen-bond acceptors (Lipinski definition) is 3. The molecule has 1 aromatic carbocycles. The number of aryl methyl sites for hydroxylation is 1. The Bertz CT molecular complexity index is 537. The molecule has 1 N–H and O–H groups in total. The molecule has 1 heterocycles. The van der Waals surface area contributed by atoms with E-state index in [1.165, 1.54) is 11.1 Å². The Morgan fingerprint density at radius 3 is 2.60 bits per heavy atom. The molecule has 1 unspecified atom stereocenters. The molecule has 1 aromatic heterocycles. The fraction of sp³-hybridized carbons (Fsp3) is 0.353. The molecule has 20 heavy (non-hydrogen) atoms. The maximum Gasteiger partial charge on any atom is 0.141 e. The van der Waals surface area contributed by atoms with Crippen molar-refractivity contribution >= 4 is 0 Å². The van der Waals surface area contributed by atoms with E-state index in [4.69, 9.17) is 4.74 Å². The second-order valence-corrected chi connectivity index (χ2v) is 5.08. The number of nitrogens with zero attached hydrogens (tertiary/aromatic N) is 1. The summed E-state index contributed by atoms with van der Waals surface area (Å²) in [4.78, 5) is 4.22. The van der Waals surface area contributed by atoms with Gasteiger partial charge in [0.1, 0.15) is 12.4 Å². The first kappa shape index (κ1) is 14.5. The van der Waals surface area contributed by atoms with Crippen molar-refractivity contribution in [1.29, 1.82) is 0 Å². The minimum Gasteiger partial charge on any atom is -0.487 e. The second-order valence-electron chi connectivity index (χ2n) is 5.08. The number of pyridine rings is 1. The van der Waals surface area contributed by atoms with Crippen LogP contribution in [0.5, 0.6) is 5.75 Å². The van der Waals surface area contributed by atoms with Gasteiger partial charge < -0.3 is 10.1 Å². The summed E-state index contributed by atoms with van der Waals surface area (Å²) in [6, 6.07) is 12.5. The van der Waals surface area contributed by atoms with Crippen LogP contribution < -0.4 is 10.1 Å². The van der Waals surface area contributed by atoms with Gasteiger partial charge in [0.2, 0.25) is 0 Å². The first-order chi connectivity index (χ1) is 9.70. The van der Waals surface area contributed by atoms with E-state index < -0.39 is 0 Å². The number of aromatic nitrogens is 1. The molecule has 0 fully saturated rings. The third-order valence-corrected chi connectivity index (χ3v) is 3.41. The van der Waals surface area contributed by atoms with E-state index >= 15 is 0 Å². The topological polar surface area (TPSA) is 34.1 Å². The quantitative estimate of drug-likeness (QED) is 0.874. The molecule has 2 aromatic rings. The van der Waals surface area contributed by atoms with E-state index in [2.05, 4.69) is 41.5 Å². The molecule has 0 spiro atoms. The summed E-state index contributed by atoms with van der Waals surface area (Å²) in [7, 11) is 1.98. The second kappa shape index (κ2) is 7.06. The minimum atomic E-state index is 0.524. The lowest BCUT2D eigenvalue weighted by atomic mass is 10.00. The highest BCUT2D eigenvalue weighted by Crippen LogP contribution is 2.18. The molecule has 0 aliphatic rings. The van der Waals surface area contributed by atoms with Crippen LogP contribution in [0.2, 0.25) is 0 Å². The van der Waals surface area contributed by atoms with Gasteiger partial charge in [-0.2, -0.15) is 0 Å². The van der Waals surface area contributed by atoms with Gasteiger partial charge in [-0.05, 0) is 43.1 Å². The fourth-order valence-electron chi connectivity index (χ4n) is 2.15. The van der Waals surface area contributed by atoms with Crippen LogP contribution in [-0.4, -0.2) is 18.6 Å². The van der Waals surface area contributed by atoms with Gasteiger partial charge in [-0.15, -0.1) is 0 Å². The van der Waals surface area contributed by atoms with Crippen molar-refractivity contribution in [2.75, 3.05) is 13.6 Å². The number of likely N-dealkylation sites (N-methyl/N-ethyl adjacent to an activating group) is 1. The van der Waals surface area contributed by atoms with Gasteiger partial charge in [-0.3, -0.25) is 4.98 Å². The molecule has 0 saturated carbocycles. The van der Waals surface area contributed by atoms with Gasteiger partial charge in [0.15, 0.2) is 0 Å². The first-order valence-corrected chi connectivity index (χ1v) is 6.98. The molecular weight excluding hydrogens is 248 g/mol. The van der Waals surface area contributed by atoms with Crippen LogP contribution in [0.1, 0.15) is 29.7 Å². The Morgan fingerprint density at radius 1 is 1.20 bits per heavy atom. The Hall–Kier alpha value is -1.87. The van der Waals surface area contributed by atoms with Crippen molar-refractivity contribution < 1.29 is 4.74 Å². The monoisotopic (exact) mass is 270 g/mol. The van der Waals surface area contributed by atoms with E-state index in [1.54, 1.807) is 6.20 Å². The SMILES string of the molecule is CNCC(C)c1ccc(COc2cccnc2C)cc1. The van der Waals surface area contributed by atoms with E-state index in [-0.39, 0.29) is 0 Å². The average Bonchev–Trinajstić information content (AvgIpc) is 2.47. The zero-order valence-electron chi connectivity index (χ0n) is 12.4. The Kier molecular flexibility index (Phi) is 5.13. The fourth-order valence-corrected chi connectivity index (χ4v) is 2.15. The molecular formula is C17H22N2O. The Morgan fingerprint density at radius 2 is 1.95 bits per heavy atom. The lowest BCUT2D eigenvalue weighted by molar-refractivity contribution is 0.302. The van der Waals surface area contributed by atoms with Crippen LogP contribution in [0.4, 0.5) is 0 Å². The molecule has 3 nitrogen and oxygen atoms in total. The zero-order chi connectivity index (χ0) is 14.4. The van der Waals surface area contributed by atoms with Gasteiger partial charge in [0, 0.05) is 12.7 Å². The van der Waals surface area contributed by atoms with Crippen LogP contribution in [0.3, 0.4) is 0 Å². The summed E-state index contributed by atoms with van der Waals surface area (Å²) in [5, 5.41) is 3.20. The van der Waals surface area contributed by atoms with Crippen LogP contribution in [0, 0.1) is 6.92 Å². The summed E-state index contributed by atoms with van der Waals surface area (Å²) in [5.41, 5.74) is 3.45. The van der Waals surface area contributed by atoms with Crippen molar-refractivity contribution in [1.82, 2.24) is 10.3 Å². The summed E-state index contributed by atoms with van der Waals surface area (Å²) in [6.45, 7) is 5.75. The van der Waals surface area contributed by atoms with Crippen molar-refractivity contribution in [3.05, 3.63) is 59.4 Å². The summed E-state index contributed by atoms with van der Waals surface area (Å²) in [6.07, 6.45) is 1.78. The molecule has 0 amide bonds. The smallest absolute Gasteiger partial charge is 0.141 e. The number of benzene rings is 1. The minimum absolute atomic E-state index is 0.524. The highest BCUT2D eigenvalue weighted by atomic mass is 16.5. The van der Waals surface area contributed by atoms with E-state index in [0.29, 0.717) is 12.5 Å². The van der Waals surface area contributed by atoms with Crippen molar-refractivity contribution in [3.8, 4) is 5.75 Å². The lowest BCUT2D eigenvalue weighted by Crippen LogP contribution is -2.14. The number of rotatable bonds is 6. The van der Waals surface area contributed by atoms with Crippen molar-refractivity contribution in [2.24, 2.45) is 0 Å².